The highest BCUT2D eigenvalue weighted by molar-refractivity contribution is 7.93. The first-order valence-corrected chi connectivity index (χ1v) is 6.65. The zero-order chi connectivity index (χ0) is 13.1. The van der Waals surface area contributed by atoms with Gasteiger partial charge in [-0.1, -0.05) is 6.07 Å². The largest absolute Gasteiger partial charge is 0.465 e. The average molecular weight is 257 g/mol. The maximum Gasteiger partial charge on any atom is 0.327 e. The topological polar surface area (TPSA) is 73.3 Å². The zero-order valence-electron chi connectivity index (χ0n) is 10.0. The van der Waals surface area contributed by atoms with Crippen LogP contribution in [0.5, 0.6) is 0 Å². The van der Waals surface area contributed by atoms with Crippen molar-refractivity contribution in [2.45, 2.75) is 30.5 Å². The third kappa shape index (κ3) is 2.46. The highest BCUT2D eigenvalue weighted by atomic mass is 32.2. The van der Waals surface area contributed by atoms with Gasteiger partial charge >= 0.3 is 5.97 Å². The third-order valence-corrected chi connectivity index (χ3v) is 4.65. The standard InChI is InChI=1S/C11H15NO4S/c1-4-16-10(13)11(2,3)17(14,15)9-7-5-6-8-12-9/h5-8H,4H2,1-3H3. The lowest BCUT2D eigenvalue weighted by atomic mass is 10.2. The molecule has 1 heterocycles. The molecule has 0 saturated heterocycles. The summed E-state index contributed by atoms with van der Waals surface area (Å²) in [5.41, 5.74) is 0. The van der Waals surface area contributed by atoms with Gasteiger partial charge in [0.05, 0.1) is 6.61 Å². The molecule has 0 atom stereocenters. The minimum atomic E-state index is -3.85. The van der Waals surface area contributed by atoms with Crippen LogP contribution in [0, 0.1) is 0 Å². The number of esters is 1. The van der Waals surface area contributed by atoms with E-state index in [2.05, 4.69) is 4.98 Å². The van der Waals surface area contributed by atoms with Gasteiger partial charge in [0, 0.05) is 6.20 Å². The molecule has 0 unspecified atom stereocenters. The number of rotatable bonds is 4. The first-order chi connectivity index (χ1) is 7.84. The Bertz CT molecular complexity index is 493. The molecule has 17 heavy (non-hydrogen) atoms. The molecule has 0 N–H and O–H groups in total. The van der Waals surface area contributed by atoms with Crippen LogP contribution in [0.2, 0.25) is 0 Å². The lowest BCUT2D eigenvalue weighted by Crippen LogP contribution is -2.42. The summed E-state index contributed by atoms with van der Waals surface area (Å²) in [4.78, 5) is 15.4. The second-order valence-electron chi connectivity index (χ2n) is 3.90. The SMILES string of the molecule is CCOC(=O)C(C)(C)S(=O)(=O)c1ccccn1. The van der Waals surface area contributed by atoms with E-state index in [0.717, 1.165) is 0 Å². The highest BCUT2D eigenvalue weighted by Crippen LogP contribution is 2.25. The fraction of sp³-hybridized carbons (Fsp3) is 0.455. The van der Waals surface area contributed by atoms with Crippen molar-refractivity contribution in [3.63, 3.8) is 0 Å². The summed E-state index contributed by atoms with van der Waals surface area (Å²) in [6.07, 6.45) is 1.37. The van der Waals surface area contributed by atoms with Crippen LogP contribution < -0.4 is 0 Å². The molecule has 0 saturated carbocycles. The molecule has 0 radical (unpaired) electrons. The van der Waals surface area contributed by atoms with Gasteiger partial charge in [-0.25, -0.2) is 13.4 Å². The third-order valence-electron chi connectivity index (χ3n) is 2.35. The predicted octanol–water partition coefficient (Wildman–Crippen LogP) is 1.20. The molecule has 0 aliphatic carbocycles. The van der Waals surface area contributed by atoms with E-state index < -0.39 is 20.6 Å². The summed E-state index contributed by atoms with van der Waals surface area (Å²) < 4.78 is 27.5. The van der Waals surface area contributed by atoms with Gasteiger partial charge in [-0.2, -0.15) is 0 Å². The van der Waals surface area contributed by atoms with Crippen molar-refractivity contribution in [3.8, 4) is 0 Å². The van der Waals surface area contributed by atoms with Crippen molar-refractivity contribution >= 4 is 15.8 Å². The van der Waals surface area contributed by atoms with Crippen LogP contribution >= 0.6 is 0 Å². The van der Waals surface area contributed by atoms with Gasteiger partial charge in [0.15, 0.2) is 9.77 Å². The molecule has 1 rings (SSSR count). The van der Waals surface area contributed by atoms with E-state index in [0.29, 0.717) is 0 Å². The number of carbonyl (C=O) groups excluding carboxylic acids is 1. The van der Waals surface area contributed by atoms with Crippen molar-refractivity contribution in [2.24, 2.45) is 0 Å². The number of carbonyl (C=O) groups is 1. The van der Waals surface area contributed by atoms with Crippen molar-refractivity contribution < 1.29 is 17.9 Å². The predicted molar refractivity (Wildman–Crippen MR) is 62.1 cm³/mol. The molecule has 0 bridgehead atoms. The minimum absolute atomic E-state index is 0.127. The van der Waals surface area contributed by atoms with Gasteiger partial charge < -0.3 is 4.74 Å². The quantitative estimate of drug-likeness (QED) is 0.758. The summed E-state index contributed by atoms with van der Waals surface area (Å²) in [5, 5.41) is -0.127. The molecular formula is C11H15NO4S. The number of pyridine rings is 1. The Hall–Kier alpha value is -1.43. The molecular weight excluding hydrogens is 242 g/mol. The number of aromatic nitrogens is 1. The first-order valence-electron chi connectivity index (χ1n) is 5.17. The van der Waals surface area contributed by atoms with Crippen LogP contribution in [-0.2, 0) is 19.4 Å². The maximum absolute atomic E-state index is 12.2. The van der Waals surface area contributed by atoms with Crippen LogP contribution in [0.15, 0.2) is 29.4 Å². The fourth-order valence-electron chi connectivity index (χ4n) is 1.18. The lowest BCUT2D eigenvalue weighted by Gasteiger charge is -2.21. The summed E-state index contributed by atoms with van der Waals surface area (Å²) in [6.45, 7) is 4.39. The molecule has 94 valence electrons. The van der Waals surface area contributed by atoms with E-state index in [1.165, 1.54) is 26.1 Å². The first kappa shape index (κ1) is 13.6. The van der Waals surface area contributed by atoms with E-state index in [1.54, 1.807) is 19.1 Å². The molecule has 0 amide bonds. The molecule has 0 fully saturated rings. The Morgan fingerprint density at radius 2 is 2.06 bits per heavy atom. The minimum Gasteiger partial charge on any atom is -0.465 e. The number of hydrogen-bond donors (Lipinski definition) is 0. The van der Waals surface area contributed by atoms with E-state index in [-0.39, 0.29) is 11.6 Å². The number of sulfone groups is 1. The zero-order valence-corrected chi connectivity index (χ0v) is 10.8. The van der Waals surface area contributed by atoms with E-state index >= 15 is 0 Å². The van der Waals surface area contributed by atoms with Crippen LogP contribution in [0.25, 0.3) is 0 Å². The second kappa shape index (κ2) is 4.83. The average Bonchev–Trinajstić information content (AvgIpc) is 2.30. The number of ether oxygens (including phenoxy) is 1. The van der Waals surface area contributed by atoms with Crippen molar-refractivity contribution in [3.05, 3.63) is 24.4 Å². The Balaban J connectivity index is 3.19. The van der Waals surface area contributed by atoms with Crippen LogP contribution in [0.4, 0.5) is 0 Å². The maximum atomic E-state index is 12.2. The van der Waals surface area contributed by atoms with Crippen molar-refractivity contribution in [1.82, 2.24) is 4.98 Å². The molecule has 0 aliphatic heterocycles. The van der Waals surface area contributed by atoms with Crippen LogP contribution in [0.3, 0.4) is 0 Å². The van der Waals surface area contributed by atoms with E-state index in [1.807, 2.05) is 0 Å². The van der Waals surface area contributed by atoms with Gasteiger partial charge in [-0.3, -0.25) is 4.79 Å². The summed E-state index contributed by atoms with van der Waals surface area (Å²) in [7, 11) is -3.85. The fourth-order valence-corrected chi connectivity index (χ4v) is 2.44. The number of hydrogen-bond acceptors (Lipinski definition) is 5. The molecule has 0 aromatic carbocycles. The highest BCUT2D eigenvalue weighted by Gasteiger charge is 2.44. The molecule has 0 spiro atoms. The number of nitrogens with zero attached hydrogens (tertiary/aromatic N) is 1. The summed E-state index contributed by atoms with van der Waals surface area (Å²) >= 11 is 0. The summed E-state index contributed by atoms with van der Waals surface area (Å²) in [5.74, 6) is -0.773. The summed E-state index contributed by atoms with van der Waals surface area (Å²) in [6, 6.07) is 4.52. The van der Waals surface area contributed by atoms with Gasteiger partial charge in [0.25, 0.3) is 0 Å². The van der Waals surface area contributed by atoms with Gasteiger partial charge in [0.1, 0.15) is 0 Å². The molecule has 1 aromatic rings. The van der Waals surface area contributed by atoms with E-state index in [9.17, 15) is 13.2 Å². The monoisotopic (exact) mass is 257 g/mol. The molecule has 1 aromatic heterocycles. The smallest absolute Gasteiger partial charge is 0.327 e. The van der Waals surface area contributed by atoms with Gasteiger partial charge in [0.2, 0.25) is 9.84 Å². The Morgan fingerprint density at radius 3 is 2.53 bits per heavy atom. The van der Waals surface area contributed by atoms with Gasteiger partial charge in [-0.05, 0) is 32.9 Å². The lowest BCUT2D eigenvalue weighted by molar-refractivity contribution is -0.145. The Morgan fingerprint density at radius 1 is 1.41 bits per heavy atom. The Labute approximate surface area is 101 Å². The second-order valence-corrected chi connectivity index (χ2v) is 6.35. The van der Waals surface area contributed by atoms with Crippen molar-refractivity contribution in [1.29, 1.82) is 0 Å². The van der Waals surface area contributed by atoms with Crippen LogP contribution in [-0.4, -0.2) is 30.7 Å². The Kier molecular flexibility index (Phi) is 3.87. The van der Waals surface area contributed by atoms with Gasteiger partial charge in [-0.15, -0.1) is 0 Å². The molecule has 6 heteroatoms. The molecule has 0 aliphatic rings. The van der Waals surface area contributed by atoms with Crippen molar-refractivity contribution in [2.75, 3.05) is 6.61 Å². The van der Waals surface area contributed by atoms with Crippen LogP contribution in [0.1, 0.15) is 20.8 Å². The molecule has 5 nitrogen and oxygen atoms in total. The van der Waals surface area contributed by atoms with E-state index in [4.69, 9.17) is 4.74 Å². The normalized spacial score (nSPS) is 12.2.